The SMILES string of the molecule is CC(C)CC(CCl)NC(=O)c1ccc(C(F)(F)F)cn1. The summed E-state index contributed by atoms with van der Waals surface area (Å²) in [7, 11) is 0. The van der Waals surface area contributed by atoms with Gasteiger partial charge >= 0.3 is 6.18 Å². The quantitative estimate of drug-likeness (QED) is 0.846. The number of hydrogen-bond acceptors (Lipinski definition) is 2. The molecule has 0 aromatic carbocycles. The van der Waals surface area contributed by atoms with E-state index in [2.05, 4.69) is 10.3 Å². The van der Waals surface area contributed by atoms with Crippen molar-refractivity contribution in [2.24, 2.45) is 5.92 Å². The third-order valence-electron chi connectivity index (χ3n) is 2.60. The molecule has 0 saturated carbocycles. The first-order chi connectivity index (χ1) is 9.24. The van der Waals surface area contributed by atoms with Crippen molar-refractivity contribution in [1.82, 2.24) is 10.3 Å². The summed E-state index contributed by atoms with van der Waals surface area (Å²) in [6.07, 6.45) is -3.12. The van der Waals surface area contributed by atoms with Gasteiger partial charge in [-0.1, -0.05) is 13.8 Å². The van der Waals surface area contributed by atoms with Crippen molar-refractivity contribution in [2.45, 2.75) is 32.5 Å². The van der Waals surface area contributed by atoms with Crippen LogP contribution >= 0.6 is 11.6 Å². The number of nitrogens with one attached hydrogen (secondary N) is 1. The molecule has 1 amide bonds. The van der Waals surface area contributed by atoms with Crippen LogP contribution in [0, 0.1) is 5.92 Å². The first-order valence-corrected chi connectivity index (χ1v) is 6.67. The molecule has 1 N–H and O–H groups in total. The molecule has 1 rings (SSSR count). The first kappa shape index (κ1) is 16.8. The number of rotatable bonds is 5. The van der Waals surface area contributed by atoms with E-state index in [9.17, 15) is 18.0 Å². The van der Waals surface area contributed by atoms with Crippen molar-refractivity contribution >= 4 is 17.5 Å². The number of alkyl halides is 4. The fourth-order valence-electron chi connectivity index (χ4n) is 1.68. The largest absolute Gasteiger partial charge is 0.417 e. The molecule has 0 spiro atoms. The van der Waals surface area contributed by atoms with Crippen LogP contribution in [0.1, 0.15) is 36.3 Å². The molecule has 1 aromatic heterocycles. The van der Waals surface area contributed by atoms with Crippen molar-refractivity contribution in [1.29, 1.82) is 0 Å². The van der Waals surface area contributed by atoms with Gasteiger partial charge in [-0.2, -0.15) is 13.2 Å². The lowest BCUT2D eigenvalue weighted by molar-refractivity contribution is -0.137. The summed E-state index contributed by atoms with van der Waals surface area (Å²) in [5.74, 6) is 0.0644. The fraction of sp³-hybridized carbons (Fsp3) is 0.538. The van der Waals surface area contributed by atoms with Gasteiger partial charge in [0, 0.05) is 18.1 Å². The van der Waals surface area contributed by atoms with Gasteiger partial charge in [0.2, 0.25) is 0 Å². The molecule has 20 heavy (non-hydrogen) atoms. The van der Waals surface area contributed by atoms with Gasteiger partial charge in [0.05, 0.1) is 5.56 Å². The maximum atomic E-state index is 12.4. The molecule has 0 aliphatic heterocycles. The normalized spacial score (nSPS) is 13.3. The van der Waals surface area contributed by atoms with Gasteiger partial charge < -0.3 is 5.32 Å². The zero-order valence-electron chi connectivity index (χ0n) is 11.2. The molecule has 0 aliphatic carbocycles. The number of aromatic nitrogens is 1. The van der Waals surface area contributed by atoms with E-state index in [-0.39, 0.29) is 17.6 Å². The van der Waals surface area contributed by atoms with Gasteiger partial charge in [0.15, 0.2) is 0 Å². The topological polar surface area (TPSA) is 42.0 Å². The van der Waals surface area contributed by atoms with E-state index in [0.717, 1.165) is 12.1 Å². The Balaban J connectivity index is 2.72. The Bertz CT molecular complexity index is 446. The predicted octanol–water partition coefficient (Wildman–Crippen LogP) is 3.48. The molecule has 1 unspecified atom stereocenters. The molecule has 3 nitrogen and oxygen atoms in total. The Morgan fingerprint density at radius 2 is 2.05 bits per heavy atom. The van der Waals surface area contributed by atoms with Crippen LogP contribution in [0.15, 0.2) is 18.3 Å². The average molecular weight is 309 g/mol. The molecule has 1 atom stereocenters. The van der Waals surface area contributed by atoms with E-state index in [1.807, 2.05) is 13.8 Å². The lowest BCUT2D eigenvalue weighted by Crippen LogP contribution is -2.37. The number of pyridine rings is 1. The summed E-state index contributed by atoms with van der Waals surface area (Å²) in [5, 5.41) is 2.66. The zero-order valence-corrected chi connectivity index (χ0v) is 11.9. The number of carbonyl (C=O) groups is 1. The van der Waals surface area contributed by atoms with E-state index in [4.69, 9.17) is 11.6 Å². The highest BCUT2D eigenvalue weighted by atomic mass is 35.5. The Kier molecular flexibility index (Phi) is 5.80. The van der Waals surface area contributed by atoms with Crippen molar-refractivity contribution in [2.75, 3.05) is 5.88 Å². The number of nitrogens with zero attached hydrogens (tertiary/aromatic N) is 1. The molecular formula is C13H16ClF3N2O. The summed E-state index contributed by atoms with van der Waals surface area (Å²) in [4.78, 5) is 15.4. The monoisotopic (exact) mass is 308 g/mol. The maximum absolute atomic E-state index is 12.4. The van der Waals surface area contributed by atoms with Crippen LogP contribution < -0.4 is 5.32 Å². The molecule has 7 heteroatoms. The predicted molar refractivity (Wildman–Crippen MR) is 70.7 cm³/mol. The van der Waals surface area contributed by atoms with E-state index in [0.29, 0.717) is 18.5 Å². The Labute approximate surface area is 120 Å². The lowest BCUT2D eigenvalue weighted by atomic mass is 10.1. The van der Waals surface area contributed by atoms with Gasteiger partial charge in [0.25, 0.3) is 5.91 Å². The first-order valence-electron chi connectivity index (χ1n) is 6.14. The molecule has 0 aliphatic rings. The van der Waals surface area contributed by atoms with Gasteiger partial charge in [0.1, 0.15) is 5.69 Å². The van der Waals surface area contributed by atoms with Gasteiger partial charge in [-0.3, -0.25) is 9.78 Å². The van der Waals surface area contributed by atoms with Crippen LogP contribution in [0.4, 0.5) is 13.2 Å². The summed E-state index contributed by atoms with van der Waals surface area (Å²) in [5.41, 5.74) is -0.943. The standard InChI is InChI=1S/C13H16ClF3N2O/c1-8(2)5-10(6-14)19-12(20)11-4-3-9(7-18-11)13(15,16)17/h3-4,7-8,10H,5-6H2,1-2H3,(H,19,20). The minimum Gasteiger partial charge on any atom is -0.347 e. The average Bonchev–Trinajstić information content (AvgIpc) is 2.36. The van der Waals surface area contributed by atoms with Crippen LogP contribution in [-0.4, -0.2) is 22.8 Å². The summed E-state index contributed by atoms with van der Waals surface area (Å²) in [6.45, 7) is 3.98. The van der Waals surface area contributed by atoms with Crippen molar-refractivity contribution < 1.29 is 18.0 Å². The fourth-order valence-corrected chi connectivity index (χ4v) is 1.89. The number of halogens is 4. The Morgan fingerprint density at radius 3 is 2.45 bits per heavy atom. The second-order valence-electron chi connectivity index (χ2n) is 4.88. The Hall–Kier alpha value is -1.30. The van der Waals surface area contributed by atoms with Crippen molar-refractivity contribution in [3.8, 4) is 0 Å². The maximum Gasteiger partial charge on any atom is 0.417 e. The van der Waals surface area contributed by atoms with Gasteiger partial charge in [-0.15, -0.1) is 11.6 Å². The van der Waals surface area contributed by atoms with E-state index >= 15 is 0 Å². The van der Waals surface area contributed by atoms with E-state index in [1.54, 1.807) is 0 Å². The molecule has 1 heterocycles. The molecular weight excluding hydrogens is 293 g/mol. The smallest absolute Gasteiger partial charge is 0.347 e. The van der Waals surface area contributed by atoms with Gasteiger partial charge in [-0.25, -0.2) is 0 Å². The van der Waals surface area contributed by atoms with Crippen LogP contribution in [0.25, 0.3) is 0 Å². The summed E-state index contributed by atoms with van der Waals surface area (Å²) < 4.78 is 37.1. The molecule has 112 valence electrons. The highest BCUT2D eigenvalue weighted by Gasteiger charge is 2.31. The number of carbonyl (C=O) groups excluding carboxylic acids is 1. The minimum atomic E-state index is -4.46. The van der Waals surface area contributed by atoms with Crippen LogP contribution in [0.5, 0.6) is 0 Å². The second kappa shape index (κ2) is 6.92. The van der Waals surface area contributed by atoms with Crippen LogP contribution in [0.2, 0.25) is 0 Å². The zero-order chi connectivity index (χ0) is 15.3. The highest BCUT2D eigenvalue weighted by molar-refractivity contribution is 6.18. The van der Waals surface area contributed by atoms with Gasteiger partial charge in [-0.05, 0) is 24.5 Å². The third kappa shape index (κ3) is 5.00. The van der Waals surface area contributed by atoms with Crippen molar-refractivity contribution in [3.05, 3.63) is 29.6 Å². The summed E-state index contributed by atoms with van der Waals surface area (Å²) in [6, 6.07) is 1.66. The molecule has 0 radical (unpaired) electrons. The highest BCUT2D eigenvalue weighted by Crippen LogP contribution is 2.28. The lowest BCUT2D eigenvalue weighted by Gasteiger charge is -2.17. The van der Waals surface area contributed by atoms with E-state index in [1.165, 1.54) is 0 Å². The minimum absolute atomic E-state index is 0.0585. The molecule has 0 saturated heterocycles. The van der Waals surface area contributed by atoms with E-state index < -0.39 is 17.6 Å². The molecule has 0 fully saturated rings. The Morgan fingerprint density at radius 1 is 1.40 bits per heavy atom. The van der Waals surface area contributed by atoms with Crippen LogP contribution in [0.3, 0.4) is 0 Å². The third-order valence-corrected chi connectivity index (χ3v) is 2.97. The second-order valence-corrected chi connectivity index (χ2v) is 5.19. The molecule has 1 aromatic rings. The van der Waals surface area contributed by atoms with Crippen LogP contribution in [-0.2, 0) is 6.18 Å². The molecule has 0 bridgehead atoms. The summed E-state index contributed by atoms with van der Waals surface area (Å²) >= 11 is 5.74. The van der Waals surface area contributed by atoms with Crippen molar-refractivity contribution in [3.63, 3.8) is 0 Å². The number of hydrogen-bond donors (Lipinski definition) is 1. The number of amides is 1.